The number of nitrogens with one attached hydrogen (secondary N) is 1. The third-order valence-electron chi connectivity index (χ3n) is 7.60. The normalized spacial score (nSPS) is 14.5. The first-order valence-electron chi connectivity index (χ1n) is 14.7. The lowest BCUT2D eigenvalue weighted by molar-refractivity contribution is -0.140. The van der Waals surface area contributed by atoms with E-state index in [2.05, 4.69) is 5.32 Å². The van der Waals surface area contributed by atoms with Crippen LogP contribution in [0.1, 0.15) is 50.2 Å². The van der Waals surface area contributed by atoms with Crippen LogP contribution in [-0.4, -0.2) is 56.6 Å². The van der Waals surface area contributed by atoms with Crippen LogP contribution in [0.2, 0.25) is 5.02 Å². The molecule has 1 aliphatic carbocycles. The minimum absolute atomic E-state index is 0.0448. The molecule has 1 aliphatic rings. The first-order valence-corrected chi connectivity index (χ1v) is 17.0. The first-order chi connectivity index (χ1) is 20.6. The smallest absolute Gasteiger partial charge is 0.244 e. The molecule has 1 saturated carbocycles. The number of rotatable bonds is 13. The van der Waals surface area contributed by atoms with Crippen molar-refractivity contribution in [1.82, 2.24) is 10.2 Å². The molecule has 0 aromatic heterocycles. The Balaban J connectivity index is 1.70. The molecule has 4 rings (SSSR count). The number of carbonyl (C=O) groups excluding carboxylic acids is 2. The lowest BCUT2D eigenvalue weighted by atomic mass is 9.94. The maximum atomic E-state index is 14.2. The largest absolute Gasteiger partial charge is 0.494 e. The van der Waals surface area contributed by atoms with Crippen molar-refractivity contribution < 1.29 is 22.7 Å². The number of ether oxygens (including phenoxy) is 1. The summed E-state index contributed by atoms with van der Waals surface area (Å²) in [6.07, 6.45) is 6.38. The van der Waals surface area contributed by atoms with Gasteiger partial charge in [-0.15, -0.1) is 0 Å². The summed E-state index contributed by atoms with van der Waals surface area (Å²) >= 11 is 6.13. The average molecular weight is 626 g/mol. The number of nitrogens with zero attached hydrogens (tertiary/aromatic N) is 2. The Labute approximate surface area is 260 Å². The molecule has 0 unspecified atom stereocenters. The predicted molar refractivity (Wildman–Crippen MR) is 171 cm³/mol. The quantitative estimate of drug-likeness (QED) is 0.267. The zero-order valence-corrected chi connectivity index (χ0v) is 26.3. The topological polar surface area (TPSA) is 96.0 Å². The highest BCUT2D eigenvalue weighted by molar-refractivity contribution is 7.92. The number of halogens is 1. The van der Waals surface area contributed by atoms with Gasteiger partial charge in [-0.25, -0.2) is 8.42 Å². The SMILES string of the molecule is CCOc1ccc(N(CC(=O)N(Cc2ccc(Cl)cc2)[C@H](Cc2ccccc2)C(=O)NC2CCCCC2)S(C)(=O)=O)cc1. The van der Waals surface area contributed by atoms with Gasteiger partial charge >= 0.3 is 0 Å². The predicted octanol–water partition coefficient (Wildman–Crippen LogP) is 5.59. The molecule has 1 fully saturated rings. The van der Waals surface area contributed by atoms with Gasteiger partial charge in [-0.05, 0) is 67.3 Å². The van der Waals surface area contributed by atoms with E-state index in [4.69, 9.17) is 16.3 Å². The van der Waals surface area contributed by atoms with Crippen molar-refractivity contribution in [3.8, 4) is 5.75 Å². The maximum absolute atomic E-state index is 14.2. The highest BCUT2D eigenvalue weighted by atomic mass is 35.5. The van der Waals surface area contributed by atoms with Crippen molar-refractivity contribution in [2.45, 2.75) is 64.1 Å². The van der Waals surface area contributed by atoms with Gasteiger partial charge in [0, 0.05) is 24.0 Å². The Morgan fingerprint density at radius 1 is 0.930 bits per heavy atom. The number of benzene rings is 3. The molecule has 3 aromatic rings. The summed E-state index contributed by atoms with van der Waals surface area (Å²) in [5.74, 6) is -0.142. The summed E-state index contributed by atoms with van der Waals surface area (Å²) in [4.78, 5) is 29.7. The van der Waals surface area contributed by atoms with E-state index in [1.165, 1.54) is 4.90 Å². The van der Waals surface area contributed by atoms with Gasteiger partial charge in [0.15, 0.2) is 0 Å². The molecule has 0 spiro atoms. The monoisotopic (exact) mass is 625 g/mol. The number of amides is 2. The maximum Gasteiger partial charge on any atom is 0.244 e. The molecule has 1 atom stereocenters. The minimum atomic E-state index is -3.85. The Bertz CT molecular complexity index is 1440. The molecular formula is C33H40ClN3O5S. The fraction of sp³-hybridized carbons (Fsp3) is 0.394. The van der Waals surface area contributed by atoms with Crippen LogP contribution in [0.5, 0.6) is 5.75 Å². The van der Waals surface area contributed by atoms with Gasteiger partial charge in [0.1, 0.15) is 18.3 Å². The summed E-state index contributed by atoms with van der Waals surface area (Å²) in [5, 5.41) is 3.76. The average Bonchev–Trinajstić information content (AvgIpc) is 2.99. The molecule has 2 amide bonds. The summed E-state index contributed by atoms with van der Waals surface area (Å²) in [6.45, 7) is 1.97. The van der Waals surface area contributed by atoms with Crippen molar-refractivity contribution in [3.05, 3.63) is 95.0 Å². The van der Waals surface area contributed by atoms with Crippen LogP contribution in [0.25, 0.3) is 0 Å². The molecule has 1 N–H and O–H groups in total. The third-order valence-corrected chi connectivity index (χ3v) is 9.00. The van der Waals surface area contributed by atoms with Crippen LogP contribution in [0.3, 0.4) is 0 Å². The van der Waals surface area contributed by atoms with Crippen LogP contribution >= 0.6 is 11.6 Å². The molecule has 0 bridgehead atoms. The molecule has 0 heterocycles. The van der Waals surface area contributed by atoms with Gasteiger partial charge in [0.25, 0.3) is 0 Å². The van der Waals surface area contributed by atoms with Crippen LogP contribution in [0.15, 0.2) is 78.9 Å². The zero-order chi connectivity index (χ0) is 30.8. The number of carbonyl (C=O) groups is 2. The highest BCUT2D eigenvalue weighted by Gasteiger charge is 2.34. The van der Waals surface area contributed by atoms with E-state index in [0.29, 0.717) is 23.1 Å². The summed E-state index contributed by atoms with van der Waals surface area (Å²) in [5.41, 5.74) is 2.00. The summed E-state index contributed by atoms with van der Waals surface area (Å²) < 4.78 is 32.5. The fourth-order valence-corrected chi connectivity index (χ4v) is 6.35. The third kappa shape index (κ3) is 9.46. The molecule has 230 valence electrons. The molecule has 0 aliphatic heterocycles. The van der Waals surface area contributed by atoms with Gasteiger partial charge in [0.05, 0.1) is 18.6 Å². The van der Waals surface area contributed by atoms with Gasteiger partial charge in [0.2, 0.25) is 21.8 Å². The highest BCUT2D eigenvalue weighted by Crippen LogP contribution is 2.24. The molecule has 0 radical (unpaired) electrons. The zero-order valence-electron chi connectivity index (χ0n) is 24.7. The van der Waals surface area contributed by atoms with E-state index in [1.54, 1.807) is 36.4 Å². The van der Waals surface area contributed by atoms with Gasteiger partial charge in [-0.3, -0.25) is 13.9 Å². The van der Waals surface area contributed by atoms with Gasteiger partial charge in [-0.2, -0.15) is 0 Å². The van der Waals surface area contributed by atoms with E-state index < -0.39 is 28.5 Å². The Kier molecular flexibility index (Phi) is 11.5. The van der Waals surface area contributed by atoms with Crippen molar-refractivity contribution in [2.75, 3.05) is 23.7 Å². The van der Waals surface area contributed by atoms with Crippen molar-refractivity contribution in [1.29, 1.82) is 0 Å². The van der Waals surface area contributed by atoms with Crippen molar-refractivity contribution >= 4 is 39.1 Å². The second kappa shape index (κ2) is 15.3. The van der Waals surface area contributed by atoms with E-state index in [1.807, 2.05) is 49.4 Å². The lowest BCUT2D eigenvalue weighted by Gasteiger charge is -2.35. The molecule has 10 heteroatoms. The van der Waals surface area contributed by atoms with Crippen LogP contribution in [-0.2, 0) is 32.6 Å². The lowest BCUT2D eigenvalue weighted by Crippen LogP contribution is -2.55. The van der Waals surface area contributed by atoms with Crippen molar-refractivity contribution in [2.24, 2.45) is 0 Å². The molecule has 3 aromatic carbocycles. The van der Waals surface area contributed by atoms with Gasteiger partial charge in [-0.1, -0.05) is 73.3 Å². The van der Waals surface area contributed by atoms with E-state index in [-0.39, 0.29) is 24.9 Å². The van der Waals surface area contributed by atoms with E-state index in [9.17, 15) is 18.0 Å². The summed E-state index contributed by atoms with van der Waals surface area (Å²) in [6, 6.07) is 22.4. The Hall–Kier alpha value is -3.56. The second-order valence-electron chi connectivity index (χ2n) is 10.9. The minimum Gasteiger partial charge on any atom is -0.494 e. The Morgan fingerprint density at radius 2 is 1.58 bits per heavy atom. The number of hydrogen-bond acceptors (Lipinski definition) is 5. The summed E-state index contributed by atoms with van der Waals surface area (Å²) in [7, 11) is -3.85. The van der Waals surface area contributed by atoms with Crippen LogP contribution in [0, 0.1) is 0 Å². The van der Waals surface area contributed by atoms with Crippen LogP contribution < -0.4 is 14.4 Å². The number of sulfonamides is 1. The fourth-order valence-electron chi connectivity index (χ4n) is 5.37. The number of hydrogen-bond donors (Lipinski definition) is 1. The Morgan fingerprint density at radius 3 is 2.19 bits per heavy atom. The van der Waals surface area contributed by atoms with Gasteiger partial charge < -0.3 is 15.0 Å². The molecule has 0 saturated heterocycles. The molecule has 43 heavy (non-hydrogen) atoms. The van der Waals surface area contributed by atoms with Crippen molar-refractivity contribution in [3.63, 3.8) is 0 Å². The molecular weight excluding hydrogens is 586 g/mol. The standard InChI is InChI=1S/C33H40ClN3O5S/c1-3-42-30-20-18-29(19-21-30)37(43(2,40)41)24-32(38)36(23-26-14-16-27(34)17-15-26)31(22-25-10-6-4-7-11-25)33(39)35-28-12-8-5-9-13-28/h4,6-7,10-11,14-21,28,31H,3,5,8-9,12-13,22-24H2,1-2H3,(H,35,39)/t31-/m1/s1. The molecule has 8 nitrogen and oxygen atoms in total. The number of anilines is 1. The second-order valence-corrected chi connectivity index (χ2v) is 13.2. The van der Waals surface area contributed by atoms with Crippen LogP contribution in [0.4, 0.5) is 5.69 Å². The van der Waals surface area contributed by atoms with E-state index in [0.717, 1.165) is 53.8 Å². The van der Waals surface area contributed by atoms with E-state index >= 15 is 0 Å². The first kappa shape index (κ1) is 32.4.